The molecule has 1 unspecified atom stereocenters. The van der Waals surface area contributed by atoms with Gasteiger partial charge in [-0.15, -0.1) is 6.58 Å². The van der Waals surface area contributed by atoms with Crippen molar-refractivity contribution in [2.75, 3.05) is 0 Å². The lowest BCUT2D eigenvalue weighted by molar-refractivity contribution is -0.108. The lowest BCUT2D eigenvalue weighted by Crippen LogP contribution is -2.40. The summed E-state index contributed by atoms with van der Waals surface area (Å²) in [5, 5.41) is -0.0398. The fourth-order valence-corrected chi connectivity index (χ4v) is 2.55. The van der Waals surface area contributed by atoms with Crippen LogP contribution in [0.25, 0.3) is 0 Å². The fourth-order valence-electron chi connectivity index (χ4n) is 1.76. The van der Waals surface area contributed by atoms with E-state index in [1.54, 1.807) is 0 Å². The maximum Gasteiger partial charge on any atom is 0.188 e. The van der Waals surface area contributed by atoms with Crippen molar-refractivity contribution < 1.29 is 9.59 Å². The molecule has 0 aromatic rings. The smallest absolute Gasteiger partial charge is 0.188 e. The Kier molecular flexibility index (Phi) is 6.19. The van der Waals surface area contributed by atoms with Gasteiger partial charge in [-0.2, -0.15) is 0 Å². The average molecular weight is 242 g/mol. The highest BCUT2D eigenvalue weighted by Gasteiger charge is 2.39. The number of carbonyl (C=O) groups excluding carboxylic acids is 1. The molecular weight excluding hydrogens is 216 g/mol. The largest absolute Gasteiger partial charge is 0.432 e. The molecule has 0 amide bonds. The van der Waals surface area contributed by atoms with Crippen molar-refractivity contribution in [1.29, 1.82) is 0 Å². The molecule has 0 radical (unpaired) electrons. The van der Waals surface area contributed by atoms with E-state index in [9.17, 15) is 9.59 Å². The second-order valence-corrected chi connectivity index (χ2v) is 10.3. The number of aldehydes is 1. The molecule has 3 heteroatoms. The van der Waals surface area contributed by atoms with Gasteiger partial charge in [-0.05, 0) is 43.3 Å². The molecule has 1 atom stereocenters. The van der Waals surface area contributed by atoms with Crippen LogP contribution in [0.1, 0.15) is 39.5 Å². The minimum absolute atomic E-state index is 0.0398. The van der Waals surface area contributed by atoms with E-state index >= 15 is 0 Å². The molecule has 0 fully saturated rings. The van der Waals surface area contributed by atoms with Crippen molar-refractivity contribution in [1.82, 2.24) is 0 Å². The lowest BCUT2D eigenvalue weighted by Gasteiger charge is -2.37. The normalized spacial score (nSPS) is 14.6. The van der Waals surface area contributed by atoms with Crippen LogP contribution in [0.5, 0.6) is 0 Å². The highest BCUT2D eigenvalue weighted by molar-refractivity contribution is 6.72. The molecule has 0 saturated carbocycles. The second kappa shape index (κ2) is 6.35. The zero-order valence-corrected chi connectivity index (χ0v) is 12.1. The van der Waals surface area contributed by atoms with Crippen LogP contribution in [0, 0.1) is 5.92 Å². The molecule has 0 rings (SSSR count). The summed E-state index contributed by atoms with van der Waals surface area (Å²) in [6.07, 6.45) is 6.36. The molecule has 94 valence electrons. The zero-order valence-electron chi connectivity index (χ0n) is 11.1. The summed E-state index contributed by atoms with van der Waals surface area (Å²) < 4.78 is 0. The first-order chi connectivity index (χ1) is 7.24. The van der Waals surface area contributed by atoms with Crippen LogP contribution in [0.2, 0.25) is 18.1 Å². The monoisotopic (exact) mass is 242 g/mol. The van der Waals surface area contributed by atoms with E-state index in [4.69, 9.17) is 0 Å². The van der Waals surface area contributed by atoms with Crippen LogP contribution in [-0.2, 0) is 4.79 Å². The minimum atomic E-state index is -2.16. The van der Waals surface area contributed by atoms with Crippen molar-refractivity contribution in [3.05, 3.63) is 12.7 Å². The van der Waals surface area contributed by atoms with E-state index < -0.39 is 8.32 Å². The summed E-state index contributed by atoms with van der Waals surface area (Å²) in [5.41, 5.74) is 0. The van der Waals surface area contributed by atoms with Crippen LogP contribution < -0.4 is 0 Å². The van der Waals surface area contributed by atoms with Crippen LogP contribution in [0.4, 0.5) is 0 Å². The van der Waals surface area contributed by atoms with Crippen molar-refractivity contribution in [2.45, 2.75) is 57.7 Å². The van der Waals surface area contributed by atoms with Gasteiger partial charge in [0.25, 0.3) is 0 Å². The molecule has 0 aromatic carbocycles. The Bertz CT molecular complexity index is 229. The molecule has 0 aliphatic carbocycles. The predicted octanol–water partition coefficient (Wildman–Crippen LogP) is 3.53. The Morgan fingerprint density at radius 3 is 2.38 bits per heavy atom. The van der Waals surface area contributed by atoms with Gasteiger partial charge in [-0.25, -0.2) is 0 Å². The molecule has 0 aliphatic rings. The van der Waals surface area contributed by atoms with E-state index in [1.165, 1.54) is 0 Å². The van der Waals surface area contributed by atoms with Gasteiger partial charge in [0.05, 0.1) is 0 Å². The van der Waals surface area contributed by atoms with Crippen molar-refractivity contribution in [3.8, 4) is 0 Å². The predicted molar refractivity (Wildman–Crippen MR) is 72.0 cm³/mol. The van der Waals surface area contributed by atoms with E-state index in [0.717, 1.165) is 25.5 Å². The Labute approximate surface area is 101 Å². The first-order valence-corrected chi connectivity index (χ1v) is 8.96. The summed E-state index contributed by atoms with van der Waals surface area (Å²) in [6, 6.07) is 0. The molecule has 0 aromatic heterocycles. The third-order valence-corrected chi connectivity index (χ3v) is 7.18. The van der Waals surface area contributed by atoms with Crippen molar-refractivity contribution in [3.63, 3.8) is 0 Å². The molecule has 0 spiro atoms. The first kappa shape index (κ1) is 15.6. The second-order valence-electron chi connectivity index (χ2n) is 5.78. The maximum atomic E-state index is 10.6. The third kappa shape index (κ3) is 5.08. The van der Waals surface area contributed by atoms with Crippen LogP contribution in [-0.4, -0.2) is 19.4 Å². The molecule has 0 bridgehead atoms. The number of carbonyl (C=O) groups is 1. The summed E-state index contributed by atoms with van der Waals surface area (Å²) in [6.45, 7) is 11.9. The molecule has 0 heterocycles. The SMILES string of the molecule is C=CCCC(CC=O)CC(C)(C)[Si](C)(C)O. The van der Waals surface area contributed by atoms with E-state index in [1.807, 2.05) is 19.2 Å². The third-order valence-electron chi connectivity index (χ3n) is 3.66. The molecule has 16 heavy (non-hydrogen) atoms. The van der Waals surface area contributed by atoms with Gasteiger partial charge in [-0.3, -0.25) is 0 Å². The Morgan fingerprint density at radius 1 is 1.44 bits per heavy atom. The topological polar surface area (TPSA) is 37.3 Å². The maximum absolute atomic E-state index is 10.6. The minimum Gasteiger partial charge on any atom is -0.432 e. The summed E-state index contributed by atoms with van der Waals surface area (Å²) in [4.78, 5) is 20.9. The molecule has 2 nitrogen and oxygen atoms in total. The average Bonchev–Trinajstić information content (AvgIpc) is 2.12. The van der Waals surface area contributed by atoms with Gasteiger partial charge in [0.2, 0.25) is 0 Å². The van der Waals surface area contributed by atoms with Gasteiger partial charge >= 0.3 is 0 Å². The highest BCUT2D eigenvalue weighted by atomic mass is 28.4. The number of allylic oxidation sites excluding steroid dienone is 1. The standard InChI is InChI=1S/C13H26O2Si/c1-6-7-8-12(9-10-14)11-13(2,3)16(4,5)15/h6,10,12,15H,1,7-9,11H2,2-5H3. The highest BCUT2D eigenvalue weighted by Crippen LogP contribution is 2.42. The molecular formula is C13H26O2Si. The first-order valence-electron chi connectivity index (χ1n) is 6.01. The van der Waals surface area contributed by atoms with Crippen LogP contribution in [0.15, 0.2) is 12.7 Å². The van der Waals surface area contributed by atoms with Gasteiger partial charge in [0.1, 0.15) is 6.29 Å². The zero-order chi connectivity index (χ0) is 12.8. The van der Waals surface area contributed by atoms with Crippen LogP contribution in [0.3, 0.4) is 0 Å². The summed E-state index contributed by atoms with van der Waals surface area (Å²) in [5.74, 6) is 0.379. The van der Waals surface area contributed by atoms with Gasteiger partial charge in [0, 0.05) is 6.42 Å². The fraction of sp³-hybridized carbons (Fsp3) is 0.769. The summed E-state index contributed by atoms with van der Waals surface area (Å²) >= 11 is 0. The van der Waals surface area contributed by atoms with Crippen molar-refractivity contribution in [2.24, 2.45) is 5.92 Å². The van der Waals surface area contributed by atoms with Crippen LogP contribution >= 0.6 is 0 Å². The quantitative estimate of drug-likeness (QED) is 0.402. The Morgan fingerprint density at radius 2 is 2.00 bits per heavy atom. The van der Waals surface area contributed by atoms with E-state index in [0.29, 0.717) is 12.3 Å². The lowest BCUT2D eigenvalue weighted by atomic mass is 9.90. The van der Waals surface area contributed by atoms with Gasteiger partial charge in [0.15, 0.2) is 8.32 Å². The molecule has 0 saturated heterocycles. The number of rotatable bonds is 8. The Hall–Kier alpha value is -0.413. The van der Waals surface area contributed by atoms with E-state index in [-0.39, 0.29) is 5.04 Å². The number of hydrogen-bond donors (Lipinski definition) is 1. The van der Waals surface area contributed by atoms with E-state index in [2.05, 4.69) is 20.4 Å². The number of hydrogen-bond acceptors (Lipinski definition) is 2. The van der Waals surface area contributed by atoms with Gasteiger partial charge < -0.3 is 9.59 Å². The molecule has 1 N–H and O–H groups in total. The Balaban J connectivity index is 4.47. The van der Waals surface area contributed by atoms with Gasteiger partial charge in [-0.1, -0.05) is 19.9 Å². The summed E-state index contributed by atoms with van der Waals surface area (Å²) in [7, 11) is -2.16. The van der Waals surface area contributed by atoms with Crippen molar-refractivity contribution >= 4 is 14.6 Å². The molecule has 0 aliphatic heterocycles.